The van der Waals surface area contributed by atoms with Crippen LogP contribution in [0.3, 0.4) is 0 Å². The van der Waals surface area contributed by atoms with E-state index in [1.165, 1.54) is 0 Å². The number of pyridine rings is 1. The number of amides is 2. The van der Waals surface area contributed by atoms with Gasteiger partial charge in [-0.25, -0.2) is 4.79 Å². The van der Waals surface area contributed by atoms with Crippen LogP contribution in [0, 0.1) is 6.92 Å². The van der Waals surface area contributed by atoms with E-state index in [9.17, 15) is 4.79 Å². The van der Waals surface area contributed by atoms with Crippen molar-refractivity contribution in [3.05, 3.63) is 54.4 Å². The number of hydrogen-bond acceptors (Lipinski definition) is 2. The fourth-order valence-electron chi connectivity index (χ4n) is 1.45. The van der Waals surface area contributed by atoms with E-state index in [2.05, 4.69) is 15.6 Å². The number of urea groups is 1. The minimum Gasteiger partial charge on any atom is -0.308 e. The molecule has 0 spiro atoms. The van der Waals surface area contributed by atoms with Crippen LogP contribution < -0.4 is 10.6 Å². The number of halogens is 1. The summed E-state index contributed by atoms with van der Waals surface area (Å²) in [4.78, 5) is 15.6. The van der Waals surface area contributed by atoms with Crippen molar-refractivity contribution in [2.24, 2.45) is 0 Å². The van der Waals surface area contributed by atoms with E-state index < -0.39 is 0 Å². The Labute approximate surface area is 112 Å². The number of rotatable bonds is 2. The fraction of sp³-hybridized carbons (Fsp3) is 0.0769. The van der Waals surface area contributed by atoms with Crippen molar-refractivity contribution in [1.29, 1.82) is 0 Å². The number of nitrogens with zero attached hydrogens (tertiary/aromatic N) is 1. The quantitative estimate of drug-likeness (QED) is 0.872. The SMILES string of the molecule is Cc1cccc(NC(=O)Nc2cccnc2)c1.Cl. The largest absolute Gasteiger partial charge is 0.323 e. The van der Waals surface area contributed by atoms with Crippen LogP contribution in [-0.2, 0) is 0 Å². The summed E-state index contributed by atoms with van der Waals surface area (Å²) < 4.78 is 0. The lowest BCUT2D eigenvalue weighted by Gasteiger charge is -2.07. The molecular weight excluding hydrogens is 250 g/mol. The van der Waals surface area contributed by atoms with Crippen molar-refractivity contribution < 1.29 is 4.79 Å². The van der Waals surface area contributed by atoms with Crippen LogP contribution in [-0.4, -0.2) is 11.0 Å². The molecule has 0 saturated carbocycles. The number of carbonyl (C=O) groups excluding carboxylic acids is 1. The topological polar surface area (TPSA) is 54.0 Å². The lowest BCUT2D eigenvalue weighted by Crippen LogP contribution is -2.19. The zero-order chi connectivity index (χ0) is 12.1. The van der Waals surface area contributed by atoms with Gasteiger partial charge in [-0.05, 0) is 36.8 Å². The zero-order valence-electron chi connectivity index (χ0n) is 9.88. The molecule has 5 heteroatoms. The van der Waals surface area contributed by atoms with Gasteiger partial charge in [-0.3, -0.25) is 4.98 Å². The molecule has 0 radical (unpaired) electrons. The number of carbonyl (C=O) groups is 1. The maximum absolute atomic E-state index is 11.6. The van der Waals surface area contributed by atoms with Gasteiger partial charge in [-0.1, -0.05) is 12.1 Å². The molecule has 0 aliphatic carbocycles. The van der Waals surface area contributed by atoms with Crippen LogP contribution >= 0.6 is 12.4 Å². The first-order valence-electron chi connectivity index (χ1n) is 5.29. The van der Waals surface area contributed by atoms with Crippen LogP contribution in [0.4, 0.5) is 16.2 Å². The number of aryl methyl sites for hydroxylation is 1. The number of nitrogens with one attached hydrogen (secondary N) is 2. The summed E-state index contributed by atoms with van der Waals surface area (Å²) in [5.41, 5.74) is 2.54. The minimum absolute atomic E-state index is 0. The summed E-state index contributed by atoms with van der Waals surface area (Å²) in [6.07, 6.45) is 3.25. The van der Waals surface area contributed by atoms with Crippen molar-refractivity contribution in [3.63, 3.8) is 0 Å². The normalized spacial score (nSPS) is 9.17. The van der Waals surface area contributed by atoms with Crippen LogP contribution in [0.25, 0.3) is 0 Å². The lowest BCUT2D eigenvalue weighted by atomic mass is 10.2. The molecule has 0 bridgehead atoms. The highest BCUT2D eigenvalue weighted by Crippen LogP contribution is 2.10. The highest BCUT2D eigenvalue weighted by molar-refractivity contribution is 5.99. The Kier molecular flexibility index (Phi) is 5.14. The average molecular weight is 264 g/mol. The summed E-state index contributed by atoms with van der Waals surface area (Å²) in [5, 5.41) is 5.45. The summed E-state index contributed by atoms with van der Waals surface area (Å²) in [5.74, 6) is 0. The van der Waals surface area contributed by atoms with Gasteiger partial charge in [0.15, 0.2) is 0 Å². The van der Waals surface area contributed by atoms with Crippen LogP contribution in [0.5, 0.6) is 0 Å². The maximum Gasteiger partial charge on any atom is 0.323 e. The molecule has 0 unspecified atom stereocenters. The molecule has 1 heterocycles. The second-order valence-corrected chi connectivity index (χ2v) is 3.69. The number of benzene rings is 1. The Bertz CT molecular complexity index is 517. The molecule has 2 N–H and O–H groups in total. The molecule has 0 fully saturated rings. The molecular formula is C13H14ClN3O. The number of hydrogen-bond donors (Lipinski definition) is 2. The van der Waals surface area contributed by atoms with E-state index in [1.54, 1.807) is 24.5 Å². The van der Waals surface area contributed by atoms with E-state index >= 15 is 0 Å². The van der Waals surface area contributed by atoms with Gasteiger partial charge in [0.2, 0.25) is 0 Å². The molecule has 0 saturated heterocycles. The molecule has 2 aromatic rings. The first-order chi connectivity index (χ1) is 8.24. The Balaban J connectivity index is 0.00000162. The second-order valence-electron chi connectivity index (χ2n) is 3.69. The van der Waals surface area contributed by atoms with Crippen molar-refractivity contribution in [3.8, 4) is 0 Å². The van der Waals surface area contributed by atoms with Crippen molar-refractivity contribution in [2.75, 3.05) is 10.6 Å². The maximum atomic E-state index is 11.6. The third-order valence-corrected chi connectivity index (χ3v) is 2.20. The van der Waals surface area contributed by atoms with Crippen molar-refractivity contribution in [1.82, 2.24) is 4.98 Å². The van der Waals surface area contributed by atoms with Gasteiger partial charge in [0, 0.05) is 11.9 Å². The Hall–Kier alpha value is -2.07. The van der Waals surface area contributed by atoms with E-state index in [1.807, 2.05) is 31.2 Å². The predicted octanol–water partition coefficient (Wildman–Crippen LogP) is 3.46. The van der Waals surface area contributed by atoms with Crippen LogP contribution in [0.2, 0.25) is 0 Å². The van der Waals surface area contributed by atoms with E-state index in [4.69, 9.17) is 0 Å². The molecule has 2 amide bonds. The summed E-state index contributed by atoms with van der Waals surface area (Å²) >= 11 is 0. The average Bonchev–Trinajstić information content (AvgIpc) is 2.30. The first kappa shape index (κ1) is 14.0. The van der Waals surface area contributed by atoms with Crippen molar-refractivity contribution >= 4 is 29.8 Å². The second kappa shape index (κ2) is 6.61. The first-order valence-corrected chi connectivity index (χ1v) is 5.29. The minimum atomic E-state index is -0.274. The van der Waals surface area contributed by atoms with Gasteiger partial charge in [-0.15, -0.1) is 12.4 Å². The van der Waals surface area contributed by atoms with Gasteiger partial charge in [0.1, 0.15) is 0 Å². The highest BCUT2D eigenvalue weighted by Gasteiger charge is 2.01. The smallest absolute Gasteiger partial charge is 0.308 e. The number of anilines is 2. The fourth-order valence-corrected chi connectivity index (χ4v) is 1.45. The molecule has 4 nitrogen and oxygen atoms in total. The zero-order valence-corrected chi connectivity index (χ0v) is 10.7. The molecule has 0 aliphatic rings. The molecule has 1 aromatic carbocycles. The van der Waals surface area contributed by atoms with E-state index in [0.29, 0.717) is 5.69 Å². The van der Waals surface area contributed by atoms with E-state index in [-0.39, 0.29) is 18.4 Å². The molecule has 0 aliphatic heterocycles. The predicted molar refractivity (Wildman–Crippen MR) is 75.3 cm³/mol. The van der Waals surface area contributed by atoms with Gasteiger partial charge < -0.3 is 10.6 Å². The summed E-state index contributed by atoms with van der Waals surface area (Å²) in [7, 11) is 0. The molecule has 2 rings (SSSR count). The molecule has 1 aromatic heterocycles. The monoisotopic (exact) mass is 263 g/mol. The summed E-state index contributed by atoms with van der Waals surface area (Å²) in [6, 6.07) is 10.9. The summed E-state index contributed by atoms with van der Waals surface area (Å²) in [6.45, 7) is 1.98. The lowest BCUT2D eigenvalue weighted by molar-refractivity contribution is 0.262. The number of aromatic nitrogens is 1. The Morgan fingerprint density at radius 2 is 1.83 bits per heavy atom. The Morgan fingerprint density at radius 1 is 1.11 bits per heavy atom. The third kappa shape index (κ3) is 4.07. The van der Waals surface area contributed by atoms with Crippen LogP contribution in [0.15, 0.2) is 48.8 Å². The van der Waals surface area contributed by atoms with E-state index in [0.717, 1.165) is 11.3 Å². The molecule has 18 heavy (non-hydrogen) atoms. The molecule has 94 valence electrons. The van der Waals surface area contributed by atoms with Crippen LogP contribution in [0.1, 0.15) is 5.56 Å². The molecule has 0 atom stereocenters. The van der Waals surface area contributed by atoms with Crippen molar-refractivity contribution in [2.45, 2.75) is 6.92 Å². The highest BCUT2D eigenvalue weighted by atomic mass is 35.5. The Morgan fingerprint density at radius 3 is 2.50 bits per heavy atom. The van der Waals surface area contributed by atoms with Gasteiger partial charge in [-0.2, -0.15) is 0 Å². The van der Waals surface area contributed by atoms with Gasteiger partial charge in [0.25, 0.3) is 0 Å². The third-order valence-electron chi connectivity index (χ3n) is 2.20. The standard InChI is InChI=1S/C13H13N3O.ClH/c1-10-4-2-5-11(8-10)15-13(17)16-12-6-3-7-14-9-12;/h2-9H,1H3,(H2,15,16,17);1H. The van der Waals surface area contributed by atoms with Gasteiger partial charge >= 0.3 is 6.03 Å². The van der Waals surface area contributed by atoms with Gasteiger partial charge in [0.05, 0.1) is 11.9 Å².